The monoisotopic (exact) mass is 310 g/mol. The Balaban J connectivity index is 2.41. The van der Waals surface area contributed by atoms with E-state index in [1.807, 2.05) is 0 Å². The molecule has 1 saturated heterocycles. The zero-order chi connectivity index (χ0) is 14.8. The molecular formula is C12H17F3N2O2S. The molecule has 0 amide bonds. The Morgan fingerprint density at radius 3 is 2.55 bits per heavy atom. The highest BCUT2D eigenvalue weighted by molar-refractivity contribution is 7.11. The normalized spacial score (nSPS) is 19.2. The highest BCUT2D eigenvalue weighted by Crippen LogP contribution is 2.42. The van der Waals surface area contributed by atoms with Crippen LogP contribution in [0.5, 0.6) is 0 Å². The van der Waals surface area contributed by atoms with Crippen LogP contribution in [0.2, 0.25) is 0 Å². The number of halogens is 3. The van der Waals surface area contributed by atoms with Gasteiger partial charge < -0.3 is 14.8 Å². The molecule has 1 aliphatic heterocycles. The van der Waals surface area contributed by atoms with Crippen LogP contribution in [-0.4, -0.2) is 32.4 Å². The Morgan fingerprint density at radius 2 is 2.05 bits per heavy atom. The molecule has 1 aromatic heterocycles. The molecule has 0 aromatic carbocycles. The first-order valence-corrected chi connectivity index (χ1v) is 7.09. The van der Waals surface area contributed by atoms with Gasteiger partial charge in [0.15, 0.2) is 5.69 Å². The molecular weight excluding hydrogens is 293 g/mol. The van der Waals surface area contributed by atoms with Crippen LogP contribution in [0.3, 0.4) is 0 Å². The summed E-state index contributed by atoms with van der Waals surface area (Å²) < 4.78 is 49.9. The summed E-state index contributed by atoms with van der Waals surface area (Å²) in [7, 11) is 3.12. The zero-order valence-corrected chi connectivity index (χ0v) is 12.2. The summed E-state index contributed by atoms with van der Waals surface area (Å²) in [5.41, 5.74) is -1.57. The van der Waals surface area contributed by atoms with Gasteiger partial charge in [0, 0.05) is 39.7 Å². The molecule has 0 spiro atoms. The lowest BCUT2D eigenvalue weighted by atomic mass is 9.95. The smallest absolute Gasteiger partial charge is 0.381 e. The summed E-state index contributed by atoms with van der Waals surface area (Å²) in [6.45, 7) is 1.08. The molecule has 8 heteroatoms. The van der Waals surface area contributed by atoms with Gasteiger partial charge >= 0.3 is 6.18 Å². The Bertz CT molecular complexity index is 456. The van der Waals surface area contributed by atoms with Gasteiger partial charge in [-0.3, -0.25) is 0 Å². The number of alkyl halides is 3. The van der Waals surface area contributed by atoms with Crippen molar-refractivity contribution < 1.29 is 22.6 Å². The largest absolute Gasteiger partial charge is 0.434 e. The fourth-order valence-electron chi connectivity index (χ4n) is 2.25. The molecule has 1 aliphatic rings. The Kier molecular flexibility index (Phi) is 4.68. The molecule has 0 bridgehead atoms. The summed E-state index contributed by atoms with van der Waals surface area (Å²) in [6.07, 6.45) is -3.40. The molecule has 0 saturated carbocycles. The van der Waals surface area contributed by atoms with Gasteiger partial charge in [-0.1, -0.05) is 0 Å². The van der Waals surface area contributed by atoms with E-state index in [-0.39, 0.29) is 11.4 Å². The number of methoxy groups -OCH3 is 1. The minimum absolute atomic E-state index is 0.142. The van der Waals surface area contributed by atoms with Crippen LogP contribution in [0.1, 0.15) is 28.4 Å². The van der Waals surface area contributed by atoms with Crippen molar-refractivity contribution >= 4 is 11.3 Å². The van der Waals surface area contributed by atoms with Crippen molar-refractivity contribution in [1.82, 2.24) is 10.3 Å². The van der Waals surface area contributed by atoms with Crippen molar-refractivity contribution in [2.45, 2.75) is 31.2 Å². The van der Waals surface area contributed by atoms with E-state index in [4.69, 9.17) is 9.47 Å². The third-order valence-electron chi connectivity index (χ3n) is 3.38. The fourth-order valence-corrected chi connectivity index (χ4v) is 3.57. The van der Waals surface area contributed by atoms with Gasteiger partial charge in [0.05, 0.1) is 4.88 Å². The molecule has 0 radical (unpaired) electrons. The van der Waals surface area contributed by atoms with Crippen LogP contribution < -0.4 is 5.32 Å². The van der Waals surface area contributed by atoms with Crippen molar-refractivity contribution in [2.24, 2.45) is 0 Å². The van der Waals surface area contributed by atoms with Crippen molar-refractivity contribution in [3.8, 4) is 0 Å². The van der Waals surface area contributed by atoms with Crippen LogP contribution in [0, 0.1) is 0 Å². The first-order chi connectivity index (χ1) is 9.43. The fraction of sp³-hybridized carbons (Fsp3) is 0.750. The second-order valence-electron chi connectivity index (χ2n) is 4.63. The molecule has 114 valence electrons. The average Bonchev–Trinajstić information content (AvgIpc) is 2.84. The van der Waals surface area contributed by atoms with Gasteiger partial charge in [-0.05, 0) is 7.05 Å². The van der Waals surface area contributed by atoms with Crippen LogP contribution in [-0.2, 0) is 27.8 Å². The average molecular weight is 310 g/mol. The Morgan fingerprint density at radius 1 is 1.40 bits per heavy atom. The minimum Gasteiger partial charge on any atom is -0.381 e. The topological polar surface area (TPSA) is 43.4 Å². The summed E-state index contributed by atoms with van der Waals surface area (Å²) in [5.74, 6) is 0. The maximum absolute atomic E-state index is 13.0. The SMILES string of the molecule is CNCc1sc(C2(OC)CCOCC2)nc1C(F)(F)F. The number of ether oxygens (including phenoxy) is 2. The highest BCUT2D eigenvalue weighted by atomic mass is 32.1. The third-order valence-corrected chi connectivity index (χ3v) is 4.62. The molecule has 20 heavy (non-hydrogen) atoms. The lowest BCUT2D eigenvalue weighted by Crippen LogP contribution is -2.35. The van der Waals surface area contributed by atoms with Gasteiger partial charge in [-0.15, -0.1) is 11.3 Å². The number of thiazole rings is 1. The molecule has 2 heterocycles. The second kappa shape index (κ2) is 5.97. The Hall–Kier alpha value is -0.700. The molecule has 0 atom stereocenters. The highest BCUT2D eigenvalue weighted by Gasteiger charge is 2.43. The van der Waals surface area contributed by atoms with E-state index in [0.29, 0.717) is 31.1 Å². The van der Waals surface area contributed by atoms with Gasteiger partial charge in [0.25, 0.3) is 0 Å². The number of hydrogen-bond donors (Lipinski definition) is 1. The van der Waals surface area contributed by atoms with Crippen LogP contribution in [0.15, 0.2) is 0 Å². The number of rotatable bonds is 4. The van der Waals surface area contributed by atoms with E-state index >= 15 is 0 Å². The number of aromatic nitrogens is 1. The quantitative estimate of drug-likeness (QED) is 0.928. The van der Waals surface area contributed by atoms with Gasteiger partial charge in [0.1, 0.15) is 10.6 Å². The first-order valence-electron chi connectivity index (χ1n) is 6.28. The lowest BCUT2D eigenvalue weighted by Gasteiger charge is -2.33. The van der Waals surface area contributed by atoms with Crippen LogP contribution in [0.4, 0.5) is 13.2 Å². The Labute approximate surface area is 119 Å². The van der Waals surface area contributed by atoms with Gasteiger partial charge in [-0.2, -0.15) is 13.2 Å². The van der Waals surface area contributed by atoms with E-state index in [1.54, 1.807) is 7.05 Å². The lowest BCUT2D eigenvalue weighted by molar-refractivity contribution is -0.142. The molecule has 1 fully saturated rings. The summed E-state index contributed by atoms with van der Waals surface area (Å²) >= 11 is 1.07. The summed E-state index contributed by atoms with van der Waals surface area (Å²) in [6, 6.07) is 0. The number of nitrogens with zero attached hydrogens (tertiary/aromatic N) is 1. The van der Waals surface area contributed by atoms with Crippen LogP contribution in [0.25, 0.3) is 0 Å². The molecule has 0 aliphatic carbocycles. The van der Waals surface area contributed by atoms with Gasteiger partial charge in [-0.25, -0.2) is 4.98 Å². The summed E-state index contributed by atoms with van der Waals surface area (Å²) in [5, 5.41) is 3.14. The molecule has 2 rings (SSSR count). The third kappa shape index (κ3) is 2.98. The van der Waals surface area contributed by atoms with Crippen molar-refractivity contribution in [2.75, 3.05) is 27.4 Å². The molecule has 1 N–H and O–H groups in total. The standard InChI is InChI=1S/C12H17F3N2O2S/c1-16-7-8-9(12(13,14)15)17-10(20-8)11(18-2)3-5-19-6-4-11/h16H,3-7H2,1-2H3. The van der Waals surface area contributed by atoms with Crippen molar-refractivity contribution in [3.63, 3.8) is 0 Å². The number of nitrogens with one attached hydrogen (secondary N) is 1. The maximum atomic E-state index is 13.0. The van der Waals surface area contributed by atoms with Crippen LogP contribution >= 0.6 is 11.3 Å². The van der Waals surface area contributed by atoms with E-state index in [2.05, 4.69) is 10.3 Å². The van der Waals surface area contributed by atoms with E-state index < -0.39 is 17.5 Å². The molecule has 4 nitrogen and oxygen atoms in total. The maximum Gasteiger partial charge on any atom is 0.434 e. The zero-order valence-electron chi connectivity index (χ0n) is 11.3. The van der Waals surface area contributed by atoms with Crippen molar-refractivity contribution in [3.05, 3.63) is 15.6 Å². The van der Waals surface area contributed by atoms with Crippen molar-refractivity contribution in [1.29, 1.82) is 0 Å². The van der Waals surface area contributed by atoms with E-state index in [0.717, 1.165) is 11.3 Å². The molecule has 1 aromatic rings. The second-order valence-corrected chi connectivity index (χ2v) is 5.71. The van der Waals surface area contributed by atoms with Gasteiger partial charge in [0.2, 0.25) is 0 Å². The number of hydrogen-bond acceptors (Lipinski definition) is 5. The molecule has 0 unspecified atom stereocenters. The summed E-state index contributed by atoms with van der Waals surface area (Å²) in [4.78, 5) is 4.03. The predicted molar refractivity (Wildman–Crippen MR) is 68.6 cm³/mol. The predicted octanol–water partition coefficient (Wildman–Crippen LogP) is 2.53. The van der Waals surface area contributed by atoms with E-state index in [9.17, 15) is 13.2 Å². The first kappa shape index (κ1) is 15.7. The van der Waals surface area contributed by atoms with E-state index in [1.165, 1.54) is 7.11 Å². The minimum atomic E-state index is -4.44.